The molecule has 2 rings (SSSR count). The summed E-state index contributed by atoms with van der Waals surface area (Å²) in [6.45, 7) is 4.52. The molecule has 0 aliphatic carbocycles. The first-order chi connectivity index (χ1) is 9.54. The first-order valence-electron chi connectivity index (χ1n) is 6.57. The fourth-order valence-electron chi connectivity index (χ4n) is 2.25. The van der Waals surface area contributed by atoms with Gasteiger partial charge in [0.05, 0.1) is 0 Å². The van der Waals surface area contributed by atoms with E-state index in [4.69, 9.17) is 5.26 Å². The van der Waals surface area contributed by atoms with Crippen LogP contribution >= 0.6 is 0 Å². The van der Waals surface area contributed by atoms with E-state index in [9.17, 15) is 4.39 Å². The molecule has 1 atom stereocenters. The van der Waals surface area contributed by atoms with Crippen LogP contribution in [0.5, 0.6) is 0 Å². The Hall–Kier alpha value is -2.12. The quantitative estimate of drug-likeness (QED) is 0.927. The molecule has 20 heavy (non-hydrogen) atoms. The Balaban J connectivity index is 2.10. The van der Waals surface area contributed by atoms with Gasteiger partial charge in [0, 0.05) is 30.9 Å². The molecule has 104 valence electrons. The number of nitriles is 1. The van der Waals surface area contributed by atoms with Crippen molar-refractivity contribution in [3.63, 3.8) is 0 Å². The second-order valence-corrected chi connectivity index (χ2v) is 4.94. The lowest BCUT2D eigenvalue weighted by Crippen LogP contribution is -2.19. The van der Waals surface area contributed by atoms with Gasteiger partial charge in [-0.1, -0.05) is 18.2 Å². The molecule has 0 unspecified atom stereocenters. The maximum absolute atomic E-state index is 13.7. The number of nitrogens with zero attached hydrogens (tertiary/aromatic N) is 2. The van der Waals surface area contributed by atoms with Gasteiger partial charge in [-0.25, -0.2) is 4.39 Å². The van der Waals surface area contributed by atoms with Gasteiger partial charge in [-0.2, -0.15) is 5.26 Å². The lowest BCUT2D eigenvalue weighted by Gasteiger charge is -2.15. The Morgan fingerprint density at radius 3 is 2.70 bits per heavy atom. The summed E-state index contributed by atoms with van der Waals surface area (Å²) in [6.07, 6.45) is 0. The number of benzene rings is 1. The van der Waals surface area contributed by atoms with Gasteiger partial charge in [0.15, 0.2) is 0 Å². The van der Waals surface area contributed by atoms with E-state index in [1.807, 2.05) is 37.6 Å². The van der Waals surface area contributed by atoms with E-state index in [1.165, 1.54) is 6.07 Å². The molecular weight excluding hydrogens is 253 g/mol. The van der Waals surface area contributed by atoms with Gasteiger partial charge < -0.3 is 9.88 Å². The minimum atomic E-state index is -0.199. The smallest absolute Gasteiger partial charge is 0.127 e. The van der Waals surface area contributed by atoms with Crippen LogP contribution < -0.4 is 5.32 Å². The maximum atomic E-state index is 13.7. The minimum absolute atomic E-state index is 0.0821. The Morgan fingerprint density at radius 2 is 2.10 bits per heavy atom. The highest BCUT2D eigenvalue weighted by Gasteiger charge is 2.12. The zero-order valence-corrected chi connectivity index (χ0v) is 11.9. The van der Waals surface area contributed by atoms with Crippen molar-refractivity contribution in [1.82, 2.24) is 9.88 Å². The third-order valence-corrected chi connectivity index (χ3v) is 3.73. The van der Waals surface area contributed by atoms with Gasteiger partial charge in [0.2, 0.25) is 0 Å². The van der Waals surface area contributed by atoms with Crippen molar-refractivity contribution in [1.29, 1.82) is 5.26 Å². The van der Waals surface area contributed by atoms with Gasteiger partial charge in [-0.15, -0.1) is 0 Å². The Kier molecular flexibility index (Phi) is 4.21. The second-order valence-electron chi connectivity index (χ2n) is 4.94. The summed E-state index contributed by atoms with van der Waals surface area (Å²) in [6, 6.07) is 10.7. The third kappa shape index (κ3) is 2.73. The predicted octanol–water partition coefficient (Wildman–Crippen LogP) is 3.20. The van der Waals surface area contributed by atoms with Crippen LogP contribution in [0.25, 0.3) is 0 Å². The largest absolute Gasteiger partial charge is 0.340 e. The average Bonchev–Trinajstić information content (AvgIpc) is 2.72. The summed E-state index contributed by atoms with van der Waals surface area (Å²) in [4.78, 5) is 0. The molecule has 3 nitrogen and oxygen atoms in total. The van der Waals surface area contributed by atoms with E-state index in [0.717, 1.165) is 11.3 Å². The van der Waals surface area contributed by atoms with E-state index in [-0.39, 0.29) is 11.9 Å². The SMILES string of the molecule is Cc1c(CN[C@H](C)c2ccccc2F)cc(C#N)n1C. The molecule has 1 aromatic heterocycles. The van der Waals surface area contributed by atoms with E-state index in [1.54, 1.807) is 12.1 Å². The van der Waals surface area contributed by atoms with Crippen molar-refractivity contribution in [2.75, 3.05) is 0 Å². The molecule has 0 fully saturated rings. The van der Waals surface area contributed by atoms with Gasteiger partial charge in [0.25, 0.3) is 0 Å². The maximum Gasteiger partial charge on any atom is 0.127 e. The summed E-state index contributed by atoms with van der Waals surface area (Å²) in [5, 5.41) is 12.3. The highest BCUT2D eigenvalue weighted by atomic mass is 19.1. The van der Waals surface area contributed by atoms with Gasteiger partial charge in [-0.3, -0.25) is 0 Å². The van der Waals surface area contributed by atoms with E-state index in [2.05, 4.69) is 11.4 Å². The Bertz CT molecular complexity index is 652. The van der Waals surface area contributed by atoms with Gasteiger partial charge in [-0.05, 0) is 31.5 Å². The van der Waals surface area contributed by atoms with Gasteiger partial charge in [0.1, 0.15) is 17.6 Å². The number of nitrogens with one attached hydrogen (secondary N) is 1. The van der Waals surface area contributed by atoms with Crippen LogP contribution in [0.15, 0.2) is 30.3 Å². The molecule has 0 saturated carbocycles. The molecule has 0 amide bonds. The number of aromatic nitrogens is 1. The Labute approximate surface area is 118 Å². The lowest BCUT2D eigenvalue weighted by atomic mass is 10.1. The van der Waals surface area contributed by atoms with E-state index in [0.29, 0.717) is 17.8 Å². The molecule has 2 aromatic rings. The molecule has 1 aromatic carbocycles. The summed E-state index contributed by atoms with van der Waals surface area (Å²) < 4.78 is 15.5. The summed E-state index contributed by atoms with van der Waals surface area (Å²) >= 11 is 0. The first-order valence-corrected chi connectivity index (χ1v) is 6.57. The van der Waals surface area contributed by atoms with Crippen molar-refractivity contribution in [3.8, 4) is 6.07 Å². The first kappa shape index (κ1) is 14.3. The predicted molar refractivity (Wildman–Crippen MR) is 76.5 cm³/mol. The fraction of sp³-hybridized carbons (Fsp3) is 0.312. The number of rotatable bonds is 4. The summed E-state index contributed by atoms with van der Waals surface area (Å²) in [7, 11) is 1.87. The van der Waals surface area contributed by atoms with Gasteiger partial charge >= 0.3 is 0 Å². The van der Waals surface area contributed by atoms with E-state index >= 15 is 0 Å². The molecule has 0 aliphatic heterocycles. The normalized spacial score (nSPS) is 12.2. The van der Waals surface area contributed by atoms with Crippen LogP contribution in [0.3, 0.4) is 0 Å². The molecule has 0 bridgehead atoms. The molecule has 0 radical (unpaired) electrons. The van der Waals surface area contributed by atoms with E-state index < -0.39 is 0 Å². The fourth-order valence-corrected chi connectivity index (χ4v) is 2.25. The zero-order valence-electron chi connectivity index (χ0n) is 11.9. The monoisotopic (exact) mass is 271 g/mol. The zero-order chi connectivity index (χ0) is 14.7. The summed E-state index contributed by atoms with van der Waals surface area (Å²) in [5.41, 5.74) is 3.40. The molecule has 4 heteroatoms. The molecule has 0 saturated heterocycles. The van der Waals surface area contributed by atoms with Crippen molar-refractivity contribution in [2.24, 2.45) is 7.05 Å². The minimum Gasteiger partial charge on any atom is -0.340 e. The molecule has 1 N–H and O–H groups in total. The molecular formula is C16H18FN3. The molecule has 1 heterocycles. The van der Waals surface area contributed by atoms with Crippen molar-refractivity contribution in [2.45, 2.75) is 26.4 Å². The van der Waals surface area contributed by atoms with Crippen LogP contribution in [-0.4, -0.2) is 4.57 Å². The van der Waals surface area contributed by atoms with Crippen molar-refractivity contribution >= 4 is 0 Å². The molecule has 0 spiro atoms. The summed E-state index contributed by atoms with van der Waals surface area (Å²) in [5.74, 6) is -0.199. The average molecular weight is 271 g/mol. The number of halogens is 1. The Morgan fingerprint density at radius 1 is 1.40 bits per heavy atom. The number of hydrogen-bond donors (Lipinski definition) is 1. The van der Waals surface area contributed by atoms with Crippen LogP contribution in [0.4, 0.5) is 4.39 Å². The molecule has 0 aliphatic rings. The lowest BCUT2D eigenvalue weighted by molar-refractivity contribution is 0.527. The van der Waals surface area contributed by atoms with Crippen LogP contribution in [0.1, 0.15) is 35.5 Å². The second kappa shape index (κ2) is 5.89. The highest BCUT2D eigenvalue weighted by molar-refractivity contribution is 5.34. The van der Waals surface area contributed by atoms with Crippen LogP contribution in [-0.2, 0) is 13.6 Å². The third-order valence-electron chi connectivity index (χ3n) is 3.73. The highest BCUT2D eigenvalue weighted by Crippen LogP contribution is 2.18. The van der Waals surface area contributed by atoms with Crippen LogP contribution in [0.2, 0.25) is 0 Å². The van der Waals surface area contributed by atoms with Crippen LogP contribution in [0, 0.1) is 24.1 Å². The number of hydrogen-bond acceptors (Lipinski definition) is 2. The topological polar surface area (TPSA) is 40.8 Å². The van der Waals surface area contributed by atoms with Crippen molar-refractivity contribution in [3.05, 3.63) is 58.7 Å². The standard InChI is InChI=1S/C16H18FN3/c1-11(15-6-4-5-7-16(15)17)19-10-13-8-14(9-18)20(3)12(13)2/h4-8,11,19H,10H2,1-3H3/t11-/m1/s1. The van der Waals surface area contributed by atoms with Crippen molar-refractivity contribution < 1.29 is 4.39 Å².